The Hall–Kier alpha value is -19.4. The zero-order valence-electron chi connectivity index (χ0n) is 82.8. The highest BCUT2D eigenvalue weighted by Gasteiger charge is 2.48. The Kier molecular flexibility index (Phi) is 22.5. The minimum Gasteiger partial charge on any atom is -0.453 e. The van der Waals surface area contributed by atoms with E-state index in [4.69, 9.17) is 4.42 Å². The molecule has 0 fully saturated rings. The zero-order chi connectivity index (χ0) is 99.7. The van der Waals surface area contributed by atoms with Crippen molar-refractivity contribution in [1.29, 1.82) is 0 Å². The van der Waals surface area contributed by atoms with Crippen molar-refractivity contribution >= 4 is 138 Å². The van der Waals surface area contributed by atoms with Gasteiger partial charge in [0.1, 0.15) is 5.58 Å². The van der Waals surface area contributed by atoms with E-state index in [0.717, 1.165) is 106 Å². The fraction of sp³-hybridized carbons (Fsp3) is 0.0278. The number of rotatable bonds is 17. The summed E-state index contributed by atoms with van der Waals surface area (Å²) in [4.78, 5) is 16.6. The van der Waals surface area contributed by atoms with E-state index in [0.29, 0.717) is 0 Å². The Bertz CT molecular complexity index is 9310. The van der Waals surface area contributed by atoms with Crippen LogP contribution in [0.5, 0.6) is 0 Å². The second kappa shape index (κ2) is 37.6. The summed E-state index contributed by atoms with van der Waals surface area (Å²) in [6, 6.07) is 201. The molecule has 0 atom stereocenters. The van der Waals surface area contributed by atoms with Gasteiger partial charge in [-0.05, 0) is 272 Å². The Morgan fingerprint density at radius 3 is 0.973 bits per heavy atom. The van der Waals surface area contributed by atoms with Crippen molar-refractivity contribution in [1.82, 2.24) is 9.97 Å². The molecule has 27 aromatic rings. The SMILES string of the molecule is Cc1cccc(N(c2cccc(C3(c4ccccc4)c4ccccc4-c4ccccc43)c2)c2ccc3ccc4c(N(c5cccc(C)c5)c5cccc(C6(c7ccccc7)c7ccccc7-c7ccccc76)c5)ccc5ccc2c3c54)c1.c1ccc(-c2ccc(N(c3ccccc3)c3cccc4c3oc3c(-c5ccccc5)cc5ccccc5c34)cc2)cc1.c1ccc(-c2ccnc3c2ccc2c(-c4ccccc4)ccnc23)cc1. The average Bonchev–Trinajstić information content (AvgIpc) is 1.33. The van der Waals surface area contributed by atoms with Gasteiger partial charge in [-0.1, -0.05) is 443 Å². The van der Waals surface area contributed by atoms with Crippen LogP contribution in [0.2, 0.25) is 0 Å². The van der Waals surface area contributed by atoms with Gasteiger partial charge in [0.15, 0.2) is 5.58 Å². The second-order valence-corrected chi connectivity index (χ2v) is 39.3. The van der Waals surface area contributed by atoms with Gasteiger partial charge in [0.05, 0.1) is 38.9 Å². The Morgan fingerprint density at radius 2 is 0.520 bits per heavy atom. The zero-order valence-corrected chi connectivity index (χ0v) is 82.8. The van der Waals surface area contributed by atoms with Gasteiger partial charge in [0, 0.05) is 84.4 Å². The normalized spacial score (nSPS) is 12.4. The number of fused-ring (bicyclic) bond motifs is 14. The summed E-state index contributed by atoms with van der Waals surface area (Å²) in [5, 5.41) is 14.2. The molecule has 706 valence electrons. The fourth-order valence-corrected chi connectivity index (χ4v) is 24.4. The van der Waals surface area contributed by atoms with Crippen LogP contribution in [0.3, 0.4) is 0 Å². The summed E-state index contributed by atoms with van der Waals surface area (Å²) < 4.78 is 6.95. The Balaban J connectivity index is 0.000000133. The molecule has 0 spiro atoms. The Labute approximate surface area is 872 Å². The van der Waals surface area contributed by atoms with Gasteiger partial charge in [0.2, 0.25) is 0 Å². The summed E-state index contributed by atoms with van der Waals surface area (Å²) in [7, 11) is 0. The van der Waals surface area contributed by atoms with Crippen LogP contribution in [0.25, 0.3) is 154 Å². The quantitative estimate of drug-likeness (QED) is 0.0847. The monoisotopic (exact) mass is 1910 g/mol. The molecule has 24 aromatic carbocycles. The molecule has 0 saturated carbocycles. The van der Waals surface area contributed by atoms with Crippen molar-refractivity contribution in [3.05, 3.63) is 620 Å². The van der Waals surface area contributed by atoms with Gasteiger partial charge >= 0.3 is 0 Å². The largest absolute Gasteiger partial charge is 0.453 e. The molecule has 0 radical (unpaired) electrons. The number of anilines is 9. The summed E-state index contributed by atoms with van der Waals surface area (Å²) >= 11 is 0. The maximum absolute atomic E-state index is 6.95. The van der Waals surface area contributed by atoms with E-state index in [9.17, 15) is 0 Å². The lowest BCUT2D eigenvalue weighted by Gasteiger charge is -2.35. The highest BCUT2D eigenvalue weighted by molar-refractivity contribution is 6.29. The second-order valence-electron chi connectivity index (χ2n) is 39.3. The lowest BCUT2D eigenvalue weighted by molar-refractivity contribution is 0.670. The third-order valence-electron chi connectivity index (χ3n) is 30.8. The minimum atomic E-state index is -0.543. The maximum Gasteiger partial charge on any atom is 0.159 e. The van der Waals surface area contributed by atoms with Crippen molar-refractivity contribution in [2.24, 2.45) is 0 Å². The first-order valence-electron chi connectivity index (χ1n) is 51.6. The fourth-order valence-electron chi connectivity index (χ4n) is 24.4. The molecule has 6 heteroatoms. The smallest absolute Gasteiger partial charge is 0.159 e. The number of pyridine rings is 2. The van der Waals surface area contributed by atoms with E-state index in [2.05, 4.69) is 578 Å². The number of furan rings is 1. The third kappa shape index (κ3) is 15.1. The van der Waals surface area contributed by atoms with Gasteiger partial charge in [-0.3, -0.25) is 9.97 Å². The topological polar surface area (TPSA) is 48.6 Å². The van der Waals surface area contributed by atoms with Crippen LogP contribution in [0.1, 0.15) is 55.6 Å². The van der Waals surface area contributed by atoms with Crippen molar-refractivity contribution in [2.75, 3.05) is 14.7 Å². The first kappa shape index (κ1) is 89.4. The number of para-hydroxylation sites is 2. The number of benzene rings is 24. The first-order chi connectivity index (χ1) is 74.3. The van der Waals surface area contributed by atoms with Crippen molar-refractivity contribution in [3.8, 4) is 66.8 Å². The summed E-state index contributed by atoms with van der Waals surface area (Å²) in [6.07, 6.45) is 3.75. The van der Waals surface area contributed by atoms with Crippen LogP contribution < -0.4 is 14.7 Å². The van der Waals surface area contributed by atoms with E-state index in [1.807, 2.05) is 24.5 Å². The molecule has 0 N–H and O–H groups in total. The van der Waals surface area contributed by atoms with E-state index in [1.165, 1.54) is 154 Å². The molecule has 29 rings (SSSR count). The molecule has 6 nitrogen and oxygen atoms in total. The van der Waals surface area contributed by atoms with Gasteiger partial charge in [-0.25, -0.2) is 0 Å². The van der Waals surface area contributed by atoms with E-state index in [-0.39, 0.29) is 0 Å². The van der Waals surface area contributed by atoms with Gasteiger partial charge in [0.25, 0.3) is 0 Å². The molecule has 150 heavy (non-hydrogen) atoms. The molecule has 0 amide bonds. The van der Waals surface area contributed by atoms with Crippen LogP contribution in [-0.4, -0.2) is 9.97 Å². The number of aryl methyl sites for hydroxylation is 2. The lowest BCUT2D eigenvalue weighted by Crippen LogP contribution is -2.28. The van der Waals surface area contributed by atoms with Gasteiger partial charge in [-0.15, -0.1) is 0 Å². The summed E-state index contributed by atoms with van der Waals surface area (Å²) in [6.45, 7) is 4.40. The van der Waals surface area contributed by atoms with E-state index >= 15 is 0 Å². The minimum absolute atomic E-state index is 0.543. The predicted octanol–water partition coefficient (Wildman–Crippen LogP) is 38.5. The summed E-state index contributed by atoms with van der Waals surface area (Å²) in [5.41, 5.74) is 39.5. The number of nitrogens with zero attached hydrogens (tertiary/aromatic N) is 5. The Morgan fingerprint density at radius 1 is 0.187 bits per heavy atom. The summed E-state index contributed by atoms with van der Waals surface area (Å²) in [5.74, 6) is 0. The van der Waals surface area contributed by atoms with E-state index < -0.39 is 10.8 Å². The predicted molar refractivity (Wildman–Crippen MR) is 628 cm³/mol. The van der Waals surface area contributed by atoms with Crippen LogP contribution in [-0.2, 0) is 10.8 Å². The molecule has 0 aliphatic heterocycles. The van der Waals surface area contributed by atoms with Crippen molar-refractivity contribution in [2.45, 2.75) is 24.7 Å². The molecule has 2 aliphatic carbocycles. The van der Waals surface area contributed by atoms with E-state index in [1.54, 1.807) is 0 Å². The number of aromatic nitrogens is 2. The van der Waals surface area contributed by atoms with Crippen LogP contribution in [0.15, 0.2) is 569 Å². The average molecular weight is 1920 g/mol. The maximum atomic E-state index is 6.95. The molecule has 0 unspecified atom stereocenters. The standard InChI is InChI=1S/C80H56N2.C40H27NO.C24H16N2/c1-53-21-17-29-61(49-53)81(63-31-19-27-59(51-63)79(57-23-5-3-6-24-57)71-37-13-9-33-65(71)66-34-10-14-38-72(66)79)75-47-43-55-42-46-70-76(48-44-56-41-45-69(75)77(55)78(56)70)82(62-30-18-22-54(2)50-62)64-32-20-28-60(52-64)80(58-25-7-4-8-26-58)73-39-15-11-35-67(73)68-36-12-16-40-74(68)80;1-4-13-28(14-5-1)29-23-25-33(26-24-29)41(32-18-8-3-9-19-32)37-22-12-21-35-38-34-20-11-10-17-31(34)27-36(40(38)42-39(35)37)30-15-6-2-7-16-30;1-3-7-17(8-4-1)19-13-15-25-23-21(19)11-12-22-20(14-16-26-24(22)23)18-9-5-2-6-10-18/h3-52H,1-2H3;1-27H;1-16H. The lowest BCUT2D eigenvalue weighted by atomic mass is 9.67. The van der Waals surface area contributed by atoms with Gasteiger partial charge < -0.3 is 19.1 Å². The van der Waals surface area contributed by atoms with Crippen LogP contribution in [0.4, 0.5) is 51.2 Å². The van der Waals surface area contributed by atoms with Crippen molar-refractivity contribution < 1.29 is 4.42 Å². The molecule has 2 aliphatic rings. The van der Waals surface area contributed by atoms with Crippen LogP contribution >= 0.6 is 0 Å². The molecular formula is C144H99N5O. The van der Waals surface area contributed by atoms with Crippen molar-refractivity contribution in [3.63, 3.8) is 0 Å². The molecule has 0 bridgehead atoms. The highest BCUT2D eigenvalue weighted by atomic mass is 16.3. The first-order valence-corrected chi connectivity index (χ1v) is 51.6. The number of hydrogen-bond acceptors (Lipinski definition) is 6. The molecular weight excluding hydrogens is 1820 g/mol. The molecule has 3 heterocycles. The van der Waals surface area contributed by atoms with Gasteiger partial charge in [-0.2, -0.15) is 0 Å². The third-order valence-corrected chi connectivity index (χ3v) is 30.8. The van der Waals surface area contributed by atoms with Crippen LogP contribution in [0, 0.1) is 13.8 Å². The molecule has 3 aromatic heterocycles. The highest BCUT2D eigenvalue weighted by Crippen LogP contribution is 2.61. The number of hydrogen-bond donors (Lipinski definition) is 0. The molecule has 0 saturated heterocycles.